The molecule has 158 valence electrons. The molecular formula is C20H34N2O5Si. The molecule has 0 saturated carbocycles. The minimum Gasteiger partial charge on any atom is -0.480 e. The molecule has 0 aliphatic carbocycles. The largest absolute Gasteiger partial charge is 0.480 e. The van der Waals surface area contributed by atoms with Crippen molar-refractivity contribution in [3.63, 3.8) is 0 Å². The van der Waals surface area contributed by atoms with Crippen LogP contribution in [0.1, 0.15) is 51.9 Å². The molecule has 0 spiro atoms. The fourth-order valence-corrected chi connectivity index (χ4v) is 3.09. The number of alkyl carbamates (subject to hydrolysis) is 1. The van der Waals surface area contributed by atoms with E-state index in [-0.39, 0.29) is 28.9 Å². The van der Waals surface area contributed by atoms with Crippen LogP contribution in [0.15, 0.2) is 18.3 Å². The van der Waals surface area contributed by atoms with Gasteiger partial charge in [0.1, 0.15) is 11.6 Å². The van der Waals surface area contributed by atoms with E-state index >= 15 is 0 Å². The number of nitrogens with one attached hydrogen (secondary N) is 1. The number of hydrogen-bond donors (Lipinski definition) is 1. The normalized spacial score (nSPS) is 13.6. The summed E-state index contributed by atoms with van der Waals surface area (Å²) in [5, 5.41) is 2.62. The van der Waals surface area contributed by atoms with E-state index in [1.165, 1.54) is 13.3 Å². The van der Waals surface area contributed by atoms with Gasteiger partial charge in [-0.15, -0.1) is 0 Å². The van der Waals surface area contributed by atoms with Gasteiger partial charge in [-0.3, -0.25) is 4.79 Å². The van der Waals surface area contributed by atoms with Crippen molar-refractivity contribution in [3.05, 3.63) is 23.9 Å². The number of rotatable bonds is 7. The van der Waals surface area contributed by atoms with Gasteiger partial charge >= 0.3 is 6.09 Å². The van der Waals surface area contributed by atoms with Crippen LogP contribution < -0.4 is 10.1 Å². The lowest BCUT2D eigenvalue weighted by atomic mass is 10.1. The molecule has 1 amide bonds. The van der Waals surface area contributed by atoms with Crippen LogP contribution in [0.25, 0.3) is 0 Å². The highest BCUT2D eigenvalue weighted by molar-refractivity contribution is 6.74. The number of nitrogens with zero attached hydrogens (tertiary/aromatic N) is 1. The van der Waals surface area contributed by atoms with E-state index in [1.54, 1.807) is 32.9 Å². The van der Waals surface area contributed by atoms with Crippen molar-refractivity contribution in [3.8, 4) is 5.88 Å². The Labute approximate surface area is 169 Å². The van der Waals surface area contributed by atoms with E-state index in [1.807, 2.05) is 0 Å². The van der Waals surface area contributed by atoms with Crippen molar-refractivity contribution < 1.29 is 23.5 Å². The molecular weight excluding hydrogens is 376 g/mol. The highest BCUT2D eigenvalue weighted by Gasteiger charge is 2.39. The maximum Gasteiger partial charge on any atom is 0.408 e. The van der Waals surface area contributed by atoms with Crippen LogP contribution in [0.4, 0.5) is 4.79 Å². The summed E-state index contributed by atoms with van der Waals surface area (Å²) in [5.41, 5.74) is -0.394. The Morgan fingerprint density at radius 1 is 1.18 bits per heavy atom. The number of ketones is 1. The molecule has 0 aliphatic rings. The summed E-state index contributed by atoms with van der Waals surface area (Å²) in [7, 11) is -0.679. The third-order valence-electron chi connectivity index (χ3n) is 4.65. The van der Waals surface area contributed by atoms with Gasteiger partial charge in [0.25, 0.3) is 0 Å². The molecule has 0 aromatic carbocycles. The number of carbonyl (C=O) groups is 2. The predicted molar refractivity (Wildman–Crippen MR) is 111 cm³/mol. The second kappa shape index (κ2) is 9.04. The molecule has 28 heavy (non-hydrogen) atoms. The van der Waals surface area contributed by atoms with E-state index in [2.05, 4.69) is 44.2 Å². The number of Topliss-reactive ketones (excluding diaryl/α,β-unsaturated/α-hetero) is 1. The van der Waals surface area contributed by atoms with E-state index in [0.29, 0.717) is 0 Å². The Morgan fingerprint density at radius 3 is 2.29 bits per heavy atom. The number of amides is 1. The van der Waals surface area contributed by atoms with Gasteiger partial charge in [0.05, 0.1) is 19.3 Å². The van der Waals surface area contributed by atoms with Gasteiger partial charge < -0.3 is 19.2 Å². The van der Waals surface area contributed by atoms with Crippen molar-refractivity contribution >= 4 is 20.2 Å². The van der Waals surface area contributed by atoms with Crippen molar-refractivity contribution in [1.82, 2.24) is 10.3 Å². The highest BCUT2D eigenvalue weighted by atomic mass is 28.4. The number of hydrogen-bond acceptors (Lipinski definition) is 6. The Morgan fingerprint density at radius 2 is 1.79 bits per heavy atom. The van der Waals surface area contributed by atoms with Gasteiger partial charge in [-0.2, -0.15) is 0 Å². The summed E-state index contributed by atoms with van der Waals surface area (Å²) < 4.78 is 16.7. The predicted octanol–water partition coefficient (Wildman–Crippen LogP) is 4.19. The standard InChI is InChI=1S/C20H34N2O5Si/c1-19(2,3)27-18(24)22-15(13-26-28(8,9)20(4,5)6)16(23)14-11-10-12-21-17(14)25-7/h10-12,15H,13H2,1-9H3,(H,22,24)/t15-/m0/s1. The van der Waals surface area contributed by atoms with Gasteiger partial charge in [-0.1, -0.05) is 20.8 Å². The summed E-state index contributed by atoms with van der Waals surface area (Å²) in [4.78, 5) is 29.5. The lowest BCUT2D eigenvalue weighted by molar-refractivity contribution is 0.0469. The molecule has 7 nitrogen and oxygen atoms in total. The Kier molecular flexibility index (Phi) is 7.79. The summed E-state index contributed by atoms with van der Waals surface area (Å²) in [6.45, 7) is 15.9. The molecule has 1 rings (SSSR count). The summed E-state index contributed by atoms with van der Waals surface area (Å²) in [6, 6.07) is 2.35. The van der Waals surface area contributed by atoms with E-state index in [9.17, 15) is 9.59 Å². The molecule has 1 aromatic rings. The molecule has 0 saturated heterocycles. The minimum atomic E-state index is -2.13. The second-order valence-corrected chi connectivity index (χ2v) is 14.0. The van der Waals surface area contributed by atoms with Gasteiger partial charge in [-0.05, 0) is 51.0 Å². The zero-order chi connectivity index (χ0) is 21.8. The number of methoxy groups -OCH3 is 1. The van der Waals surface area contributed by atoms with Crippen molar-refractivity contribution in [2.24, 2.45) is 0 Å². The number of carbonyl (C=O) groups excluding carboxylic acids is 2. The average Bonchev–Trinajstić information content (AvgIpc) is 2.55. The summed E-state index contributed by atoms with van der Waals surface area (Å²) in [6.07, 6.45) is 0.866. The first-order chi connectivity index (χ1) is 12.7. The van der Waals surface area contributed by atoms with Gasteiger partial charge in [0.15, 0.2) is 14.1 Å². The lowest BCUT2D eigenvalue weighted by Crippen LogP contribution is -2.50. The van der Waals surface area contributed by atoms with Crippen molar-refractivity contribution in [2.75, 3.05) is 13.7 Å². The topological polar surface area (TPSA) is 86.8 Å². The van der Waals surface area contributed by atoms with Crippen LogP contribution >= 0.6 is 0 Å². The summed E-state index contributed by atoms with van der Waals surface area (Å²) in [5.74, 6) is -0.134. The maximum absolute atomic E-state index is 13.1. The molecule has 0 aliphatic heterocycles. The third kappa shape index (κ3) is 6.90. The zero-order valence-corrected chi connectivity index (χ0v) is 19.5. The van der Waals surface area contributed by atoms with Crippen LogP contribution in [0.3, 0.4) is 0 Å². The van der Waals surface area contributed by atoms with Crippen LogP contribution in [0.2, 0.25) is 18.1 Å². The first-order valence-electron chi connectivity index (χ1n) is 9.34. The van der Waals surface area contributed by atoms with Crippen LogP contribution in [-0.2, 0) is 9.16 Å². The smallest absolute Gasteiger partial charge is 0.408 e. The van der Waals surface area contributed by atoms with Gasteiger partial charge in [0, 0.05) is 6.20 Å². The van der Waals surface area contributed by atoms with Gasteiger partial charge in [-0.25, -0.2) is 9.78 Å². The van der Waals surface area contributed by atoms with E-state index in [0.717, 1.165) is 0 Å². The van der Waals surface area contributed by atoms with Gasteiger partial charge in [0.2, 0.25) is 5.88 Å². The maximum atomic E-state index is 13.1. The van der Waals surface area contributed by atoms with Crippen LogP contribution in [-0.4, -0.2) is 50.5 Å². The number of pyridine rings is 1. The monoisotopic (exact) mass is 410 g/mol. The molecule has 1 atom stereocenters. The fraction of sp³-hybridized carbons (Fsp3) is 0.650. The molecule has 1 heterocycles. The molecule has 0 radical (unpaired) electrons. The molecule has 1 N–H and O–H groups in total. The minimum absolute atomic E-state index is 0.0293. The SMILES string of the molecule is COc1ncccc1C(=O)[C@H](CO[Si](C)(C)C(C)(C)C)NC(=O)OC(C)(C)C. The van der Waals surface area contributed by atoms with E-state index in [4.69, 9.17) is 13.9 Å². The average molecular weight is 411 g/mol. The van der Waals surface area contributed by atoms with Crippen molar-refractivity contribution in [2.45, 2.75) is 71.3 Å². The van der Waals surface area contributed by atoms with E-state index < -0.39 is 26.1 Å². The quantitative estimate of drug-likeness (QED) is 0.536. The molecule has 0 bridgehead atoms. The number of aromatic nitrogens is 1. The van der Waals surface area contributed by atoms with Crippen LogP contribution in [0.5, 0.6) is 5.88 Å². The highest BCUT2D eigenvalue weighted by Crippen LogP contribution is 2.36. The molecule has 0 fully saturated rings. The first kappa shape index (κ1) is 24.1. The van der Waals surface area contributed by atoms with Crippen molar-refractivity contribution in [1.29, 1.82) is 0 Å². The molecule has 0 unspecified atom stereocenters. The first-order valence-corrected chi connectivity index (χ1v) is 12.3. The third-order valence-corrected chi connectivity index (χ3v) is 9.16. The Balaban J connectivity index is 3.10. The fourth-order valence-electron chi connectivity index (χ4n) is 2.07. The zero-order valence-electron chi connectivity index (χ0n) is 18.5. The molecule has 8 heteroatoms. The second-order valence-electron chi connectivity index (χ2n) is 9.19. The summed E-state index contributed by atoms with van der Waals surface area (Å²) >= 11 is 0. The Bertz CT molecular complexity index is 693. The molecule has 1 aromatic heterocycles. The lowest BCUT2D eigenvalue weighted by Gasteiger charge is -2.37. The Hall–Kier alpha value is -1.93. The number of ether oxygens (including phenoxy) is 2. The van der Waals surface area contributed by atoms with Crippen LogP contribution in [0, 0.1) is 0 Å².